The van der Waals surface area contributed by atoms with Crippen molar-refractivity contribution in [3.05, 3.63) is 131 Å². The molecule has 2 aliphatic carbocycles. The number of anilines is 1. The predicted octanol–water partition coefficient (Wildman–Crippen LogP) is 6.32. The number of rotatable bonds is 7. The molecule has 262 valence electrons. The summed E-state index contributed by atoms with van der Waals surface area (Å²) >= 11 is 0. The van der Waals surface area contributed by atoms with Crippen LogP contribution in [0.2, 0.25) is 0 Å². The van der Waals surface area contributed by atoms with Crippen LogP contribution in [0.25, 0.3) is 16.8 Å². The van der Waals surface area contributed by atoms with Crippen LogP contribution in [0.3, 0.4) is 0 Å². The second kappa shape index (κ2) is 11.2. The number of carbonyl (C=O) groups is 1. The van der Waals surface area contributed by atoms with Crippen LogP contribution in [0.1, 0.15) is 71.3 Å². The molecule has 3 aromatic heterocycles. The van der Waals surface area contributed by atoms with E-state index in [0.29, 0.717) is 23.9 Å². The van der Waals surface area contributed by atoms with E-state index in [0.717, 1.165) is 36.4 Å². The molecule has 52 heavy (non-hydrogen) atoms. The molecule has 4 atom stereocenters. The minimum absolute atomic E-state index is 0.0367. The molecule has 11 rings (SSSR count). The Hall–Kier alpha value is -5.55. The van der Waals surface area contributed by atoms with Gasteiger partial charge in [0.1, 0.15) is 18.0 Å². The summed E-state index contributed by atoms with van der Waals surface area (Å²) in [4.78, 5) is 25.9. The van der Waals surface area contributed by atoms with Crippen molar-refractivity contribution in [2.75, 3.05) is 31.2 Å². The number of amides is 1. The number of aryl methyl sites for hydroxylation is 2. The number of nitrogens with zero attached hydrogens (tertiary/aromatic N) is 6. The molecule has 1 amide bonds. The van der Waals surface area contributed by atoms with E-state index < -0.39 is 23.2 Å². The Bertz CT molecular complexity index is 2330. The van der Waals surface area contributed by atoms with E-state index >= 15 is 0 Å². The summed E-state index contributed by atoms with van der Waals surface area (Å²) in [5, 5.41) is 15.8. The van der Waals surface area contributed by atoms with Crippen LogP contribution < -0.4 is 10.2 Å². The highest BCUT2D eigenvalue weighted by Gasteiger charge is 2.75. The Kier molecular flexibility index (Phi) is 6.74. The highest BCUT2D eigenvalue weighted by atomic mass is 16.6. The van der Waals surface area contributed by atoms with Gasteiger partial charge in [-0.05, 0) is 59.7 Å². The van der Waals surface area contributed by atoms with E-state index in [-0.39, 0.29) is 24.5 Å². The molecule has 5 aliphatic rings. The fourth-order valence-electron chi connectivity index (χ4n) is 9.46. The van der Waals surface area contributed by atoms with Gasteiger partial charge in [-0.3, -0.25) is 5.10 Å². The van der Waals surface area contributed by atoms with Crippen LogP contribution in [0.15, 0.2) is 91.1 Å². The van der Waals surface area contributed by atoms with Crippen molar-refractivity contribution in [2.24, 2.45) is 0 Å². The van der Waals surface area contributed by atoms with Crippen LogP contribution in [-0.4, -0.2) is 67.7 Å². The molecule has 6 heterocycles. The van der Waals surface area contributed by atoms with Crippen molar-refractivity contribution in [1.29, 1.82) is 0 Å². The maximum absolute atomic E-state index is 13.6. The lowest BCUT2D eigenvalue weighted by atomic mass is 9.58. The van der Waals surface area contributed by atoms with Crippen LogP contribution in [0, 0.1) is 13.8 Å². The summed E-state index contributed by atoms with van der Waals surface area (Å²) in [6.07, 6.45) is 3.14. The molecular formula is C41H40N8O3. The molecule has 6 aromatic rings. The average molecular weight is 693 g/mol. The van der Waals surface area contributed by atoms with Crippen molar-refractivity contribution in [1.82, 2.24) is 35.1 Å². The van der Waals surface area contributed by atoms with Crippen molar-refractivity contribution < 1.29 is 14.3 Å². The van der Waals surface area contributed by atoms with Crippen molar-refractivity contribution in [3.63, 3.8) is 0 Å². The minimum atomic E-state index is -0.899. The Labute approximate surface area is 301 Å². The number of alkyl carbamates (subject to hydrolysis) is 1. The van der Waals surface area contributed by atoms with E-state index in [4.69, 9.17) is 24.5 Å². The SMILES string of the molecule is Cc1nc(C2C3(NC(=O)OCC4c5ccccc5-c5ccccc54)COC2(c2nc4c(C)cc(N5CC[C@](C)(c6ccccc6)C5)cn4n2)C3)n[nH]1. The van der Waals surface area contributed by atoms with Gasteiger partial charge < -0.3 is 19.7 Å². The molecule has 0 radical (unpaired) electrons. The first-order valence-corrected chi connectivity index (χ1v) is 18.1. The molecular weight excluding hydrogens is 653 g/mol. The second-order valence-corrected chi connectivity index (χ2v) is 15.4. The Morgan fingerprint density at radius 2 is 1.73 bits per heavy atom. The third kappa shape index (κ3) is 4.57. The predicted molar refractivity (Wildman–Crippen MR) is 195 cm³/mol. The minimum Gasteiger partial charge on any atom is -0.449 e. The van der Waals surface area contributed by atoms with Crippen LogP contribution >= 0.6 is 0 Å². The summed E-state index contributed by atoms with van der Waals surface area (Å²) in [5.74, 6) is 1.37. The van der Waals surface area contributed by atoms with Gasteiger partial charge in [-0.15, -0.1) is 5.10 Å². The molecule has 11 nitrogen and oxygen atoms in total. The number of ether oxygens (including phenoxy) is 2. The molecule has 11 heteroatoms. The summed E-state index contributed by atoms with van der Waals surface area (Å²) in [7, 11) is 0. The van der Waals surface area contributed by atoms with E-state index in [1.54, 1.807) is 0 Å². The number of hydrogen-bond donors (Lipinski definition) is 2. The normalized spacial score (nSPS) is 26.0. The maximum Gasteiger partial charge on any atom is 0.407 e. The van der Waals surface area contributed by atoms with E-state index in [2.05, 4.69) is 101 Å². The lowest BCUT2D eigenvalue weighted by Gasteiger charge is -2.49. The number of hydrogen-bond acceptors (Lipinski definition) is 8. The van der Waals surface area contributed by atoms with E-state index in [1.165, 1.54) is 27.8 Å². The molecule has 2 N–H and O–H groups in total. The van der Waals surface area contributed by atoms with Crippen molar-refractivity contribution in [2.45, 2.75) is 62.0 Å². The highest BCUT2D eigenvalue weighted by molar-refractivity contribution is 5.79. The maximum atomic E-state index is 13.6. The number of fused-ring (bicyclic) bond motifs is 5. The molecule has 3 saturated heterocycles. The monoisotopic (exact) mass is 692 g/mol. The number of aromatic nitrogens is 6. The molecule has 0 spiro atoms. The molecule has 4 fully saturated rings. The summed E-state index contributed by atoms with van der Waals surface area (Å²) in [6, 6.07) is 29.6. The van der Waals surface area contributed by atoms with Crippen molar-refractivity contribution >= 4 is 17.4 Å². The number of carbonyl (C=O) groups excluding carboxylic acids is 1. The Balaban J connectivity index is 0.914. The van der Waals surface area contributed by atoms with Gasteiger partial charge in [0.05, 0.1) is 29.9 Å². The summed E-state index contributed by atoms with van der Waals surface area (Å²) in [5.41, 5.74) is 7.41. The molecule has 2 bridgehead atoms. The third-order valence-electron chi connectivity index (χ3n) is 12.0. The lowest BCUT2D eigenvalue weighted by Crippen LogP contribution is -2.65. The molecule has 3 unspecified atom stereocenters. The molecule has 1 saturated carbocycles. The largest absolute Gasteiger partial charge is 0.449 e. The van der Waals surface area contributed by atoms with Gasteiger partial charge in [-0.25, -0.2) is 19.3 Å². The quantitative estimate of drug-likeness (QED) is 0.199. The second-order valence-electron chi connectivity index (χ2n) is 15.4. The third-order valence-corrected chi connectivity index (χ3v) is 12.0. The number of aromatic amines is 1. The highest BCUT2D eigenvalue weighted by Crippen LogP contribution is 2.65. The average Bonchev–Trinajstić information content (AvgIpc) is 4.00. The first-order chi connectivity index (χ1) is 25.3. The van der Waals surface area contributed by atoms with Crippen LogP contribution in [0.4, 0.5) is 10.5 Å². The first kappa shape index (κ1) is 31.2. The van der Waals surface area contributed by atoms with E-state index in [9.17, 15) is 4.79 Å². The molecule has 3 aliphatic heterocycles. The number of nitrogens with one attached hydrogen (secondary N) is 2. The smallest absolute Gasteiger partial charge is 0.407 e. The van der Waals surface area contributed by atoms with Gasteiger partial charge in [-0.2, -0.15) is 5.10 Å². The van der Waals surface area contributed by atoms with Gasteiger partial charge in [0.15, 0.2) is 17.3 Å². The van der Waals surface area contributed by atoms with Gasteiger partial charge in [0.2, 0.25) is 0 Å². The van der Waals surface area contributed by atoms with Crippen LogP contribution in [-0.2, 0) is 20.5 Å². The van der Waals surface area contributed by atoms with Crippen LogP contribution in [0.5, 0.6) is 0 Å². The topological polar surface area (TPSA) is 123 Å². The Morgan fingerprint density at radius 1 is 1.00 bits per heavy atom. The zero-order chi connectivity index (χ0) is 35.2. The van der Waals surface area contributed by atoms with Gasteiger partial charge in [-0.1, -0.05) is 85.8 Å². The van der Waals surface area contributed by atoms with Gasteiger partial charge >= 0.3 is 6.09 Å². The fraction of sp³-hybridized carbons (Fsp3) is 0.341. The zero-order valence-electron chi connectivity index (χ0n) is 29.5. The van der Waals surface area contributed by atoms with Gasteiger partial charge in [0.25, 0.3) is 0 Å². The van der Waals surface area contributed by atoms with Crippen molar-refractivity contribution in [3.8, 4) is 11.1 Å². The summed E-state index contributed by atoms with van der Waals surface area (Å²) < 4.78 is 14.5. The zero-order valence-corrected chi connectivity index (χ0v) is 29.5. The first-order valence-electron chi connectivity index (χ1n) is 18.1. The number of pyridine rings is 1. The summed E-state index contributed by atoms with van der Waals surface area (Å²) in [6.45, 7) is 8.67. The number of benzene rings is 3. The number of H-pyrrole nitrogens is 1. The molecule has 3 aromatic carbocycles. The van der Waals surface area contributed by atoms with Gasteiger partial charge in [0, 0.05) is 30.8 Å². The lowest BCUT2D eigenvalue weighted by molar-refractivity contribution is -0.0447. The standard InChI is InChI=1S/C41H40N8O3/c1-25-19-28(48-18-17-39(3,23-48)27-11-5-4-6-12-27)20-49-36(25)43-37(47-49)41-22-40(24-52-41,34(41)35-42-26(2)45-46-35)44-38(50)51-21-33-31-15-9-7-13-29(31)30-14-8-10-16-32(30)33/h4-16,19-20,33-34H,17-18,21-24H2,1-3H3,(H,44,50)(H,42,45,46)/t34?,39-,40?,41?/m0/s1. The Morgan fingerprint density at radius 3 is 2.46 bits per heavy atom. The fourth-order valence-corrected chi connectivity index (χ4v) is 9.46. The van der Waals surface area contributed by atoms with E-state index in [1.807, 2.05) is 35.7 Å².